The van der Waals surface area contributed by atoms with E-state index in [1.807, 2.05) is 6.07 Å². The second-order valence-corrected chi connectivity index (χ2v) is 6.47. The molecule has 1 aliphatic rings. The van der Waals surface area contributed by atoms with Gasteiger partial charge in [0.05, 0.1) is 12.8 Å². The lowest BCUT2D eigenvalue weighted by atomic mass is 10.1. The van der Waals surface area contributed by atoms with Crippen LogP contribution in [-0.2, 0) is 13.1 Å². The van der Waals surface area contributed by atoms with Crippen LogP contribution in [0.25, 0.3) is 11.7 Å². The maximum atomic E-state index is 5.70. The predicted molar refractivity (Wildman–Crippen MR) is 95.1 cm³/mol. The van der Waals surface area contributed by atoms with Gasteiger partial charge in [-0.05, 0) is 43.7 Å². The number of rotatable bonds is 6. The minimum Gasteiger partial charge on any atom is -0.459 e. The van der Waals surface area contributed by atoms with Crippen LogP contribution in [-0.4, -0.2) is 35.2 Å². The van der Waals surface area contributed by atoms with Gasteiger partial charge in [-0.25, -0.2) is 0 Å². The molecule has 0 spiro atoms. The summed E-state index contributed by atoms with van der Waals surface area (Å²) in [6.07, 6.45) is 4.16. The molecular formula is C19H22N4O2. The minimum absolute atomic E-state index is 0.422. The van der Waals surface area contributed by atoms with Crippen molar-refractivity contribution in [3.63, 3.8) is 0 Å². The van der Waals surface area contributed by atoms with Crippen molar-refractivity contribution in [3.05, 3.63) is 54.1 Å². The summed E-state index contributed by atoms with van der Waals surface area (Å²) in [6, 6.07) is 12.3. The first-order valence-electron chi connectivity index (χ1n) is 8.67. The van der Waals surface area contributed by atoms with Crippen molar-refractivity contribution in [3.8, 4) is 11.7 Å². The molecule has 0 radical (unpaired) electrons. The molecule has 25 heavy (non-hydrogen) atoms. The molecule has 1 aliphatic heterocycles. The fourth-order valence-electron chi connectivity index (χ4n) is 3.31. The summed E-state index contributed by atoms with van der Waals surface area (Å²) < 4.78 is 11.0. The van der Waals surface area contributed by atoms with Crippen molar-refractivity contribution < 1.29 is 8.83 Å². The van der Waals surface area contributed by atoms with Crippen LogP contribution in [0.5, 0.6) is 0 Å². The highest BCUT2D eigenvalue weighted by Crippen LogP contribution is 2.26. The van der Waals surface area contributed by atoms with E-state index in [2.05, 4.69) is 51.3 Å². The fraction of sp³-hybridized carbons (Fsp3) is 0.368. The van der Waals surface area contributed by atoms with Gasteiger partial charge in [0.15, 0.2) is 5.76 Å². The Morgan fingerprint density at radius 2 is 1.88 bits per heavy atom. The number of hydrogen-bond donors (Lipinski definition) is 0. The first-order valence-corrected chi connectivity index (χ1v) is 8.67. The Hall–Kier alpha value is -2.60. The van der Waals surface area contributed by atoms with Crippen LogP contribution in [0, 0.1) is 0 Å². The van der Waals surface area contributed by atoms with Crippen molar-refractivity contribution in [1.29, 1.82) is 0 Å². The number of para-hydroxylation sites is 1. The van der Waals surface area contributed by atoms with Crippen LogP contribution in [0.3, 0.4) is 0 Å². The Morgan fingerprint density at radius 1 is 1.04 bits per heavy atom. The zero-order valence-corrected chi connectivity index (χ0v) is 14.4. The van der Waals surface area contributed by atoms with Gasteiger partial charge in [0, 0.05) is 25.3 Å². The Balaban J connectivity index is 1.43. The number of hydrogen-bond acceptors (Lipinski definition) is 6. The number of nitrogens with zero attached hydrogens (tertiary/aromatic N) is 4. The molecule has 1 saturated heterocycles. The second kappa shape index (κ2) is 7.11. The van der Waals surface area contributed by atoms with E-state index in [-0.39, 0.29) is 0 Å². The maximum Gasteiger partial charge on any atom is 0.283 e. The van der Waals surface area contributed by atoms with Crippen LogP contribution < -0.4 is 4.90 Å². The van der Waals surface area contributed by atoms with Crippen LogP contribution in [0.15, 0.2) is 51.5 Å². The molecule has 0 N–H and O–H groups in total. The van der Waals surface area contributed by atoms with E-state index in [0.717, 1.165) is 19.6 Å². The van der Waals surface area contributed by atoms with Gasteiger partial charge >= 0.3 is 0 Å². The Kier molecular flexibility index (Phi) is 4.52. The average Bonchev–Trinajstić information content (AvgIpc) is 3.37. The third-order valence-corrected chi connectivity index (χ3v) is 4.48. The summed E-state index contributed by atoms with van der Waals surface area (Å²) in [5.41, 5.74) is 2.67. The molecule has 0 unspecified atom stereocenters. The van der Waals surface area contributed by atoms with Crippen molar-refractivity contribution in [2.45, 2.75) is 25.9 Å². The van der Waals surface area contributed by atoms with Crippen molar-refractivity contribution in [1.82, 2.24) is 15.1 Å². The molecule has 1 aromatic carbocycles. The topological polar surface area (TPSA) is 58.5 Å². The molecule has 0 bridgehead atoms. The number of aromatic nitrogens is 2. The lowest BCUT2D eigenvalue weighted by molar-refractivity contribution is 0.282. The van der Waals surface area contributed by atoms with Crippen LogP contribution in [0.4, 0.5) is 5.69 Å². The second-order valence-electron chi connectivity index (χ2n) is 6.47. The highest BCUT2D eigenvalue weighted by Gasteiger charge is 2.17. The third kappa shape index (κ3) is 3.58. The van der Waals surface area contributed by atoms with Crippen molar-refractivity contribution >= 4 is 5.69 Å². The summed E-state index contributed by atoms with van der Waals surface area (Å²) in [7, 11) is 2.07. The molecule has 6 heteroatoms. The summed E-state index contributed by atoms with van der Waals surface area (Å²) >= 11 is 0. The van der Waals surface area contributed by atoms with Gasteiger partial charge in [-0.1, -0.05) is 18.2 Å². The van der Waals surface area contributed by atoms with E-state index >= 15 is 0 Å². The molecule has 3 heterocycles. The van der Waals surface area contributed by atoms with Crippen LogP contribution in [0.2, 0.25) is 0 Å². The van der Waals surface area contributed by atoms with Crippen LogP contribution >= 0.6 is 0 Å². The molecule has 130 valence electrons. The first-order chi connectivity index (χ1) is 12.3. The quantitative estimate of drug-likeness (QED) is 0.685. The van der Waals surface area contributed by atoms with E-state index < -0.39 is 0 Å². The average molecular weight is 338 g/mol. The van der Waals surface area contributed by atoms with Gasteiger partial charge < -0.3 is 13.7 Å². The van der Waals surface area contributed by atoms with E-state index in [4.69, 9.17) is 8.83 Å². The predicted octanol–water partition coefficient (Wildman–Crippen LogP) is 3.56. The molecule has 0 amide bonds. The van der Waals surface area contributed by atoms with Gasteiger partial charge in [-0.15, -0.1) is 10.2 Å². The summed E-state index contributed by atoms with van der Waals surface area (Å²) in [5, 5.41) is 8.18. The van der Waals surface area contributed by atoms with Gasteiger partial charge in [0.2, 0.25) is 5.89 Å². The molecule has 0 saturated carbocycles. The Labute approximate surface area is 147 Å². The van der Waals surface area contributed by atoms with Crippen molar-refractivity contribution in [2.75, 3.05) is 25.0 Å². The zero-order chi connectivity index (χ0) is 17.1. The lowest BCUT2D eigenvalue weighted by Crippen LogP contribution is -2.23. The Bertz CT molecular complexity index is 806. The molecule has 3 aromatic rings. The molecule has 4 rings (SSSR count). The third-order valence-electron chi connectivity index (χ3n) is 4.48. The monoisotopic (exact) mass is 338 g/mol. The first kappa shape index (κ1) is 15.9. The molecule has 6 nitrogen and oxygen atoms in total. The van der Waals surface area contributed by atoms with E-state index in [1.54, 1.807) is 12.3 Å². The largest absolute Gasteiger partial charge is 0.459 e. The highest BCUT2D eigenvalue weighted by molar-refractivity contribution is 5.54. The lowest BCUT2D eigenvalue weighted by Gasteiger charge is -2.23. The normalized spacial score (nSPS) is 14.6. The maximum absolute atomic E-state index is 5.70. The molecular weight excluding hydrogens is 316 g/mol. The fourth-order valence-corrected chi connectivity index (χ4v) is 3.31. The molecule has 2 aromatic heterocycles. The number of anilines is 1. The molecule has 0 aliphatic carbocycles. The summed E-state index contributed by atoms with van der Waals surface area (Å²) in [5.74, 6) is 1.61. The minimum atomic E-state index is 0.422. The van der Waals surface area contributed by atoms with E-state index in [1.165, 1.54) is 24.1 Å². The van der Waals surface area contributed by atoms with Crippen molar-refractivity contribution in [2.24, 2.45) is 0 Å². The molecule has 0 atom stereocenters. The standard InChI is InChI=1S/C19H22N4O2/c1-22(14-18-20-21-19(25-18)17-9-6-12-24-17)13-15-7-2-3-8-16(15)23-10-4-5-11-23/h2-3,6-9,12H,4-5,10-11,13-14H2,1H3. The highest BCUT2D eigenvalue weighted by atomic mass is 16.4. The zero-order valence-electron chi connectivity index (χ0n) is 14.4. The smallest absolute Gasteiger partial charge is 0.283 e. The van der Waals surface area contributed by atoms with Gasteiger partial charge in [0.1, 0.15) is 0 Å². The SMILES string of the molecule is CN(Cc1nnc(-c2ccco2)o1)Cc1ccccc1N1CCCC1. The van der Waals surface area contributed by atoms with Crippen LogP contribution in [0.1, 0.15) is 24.3 Å². The van der Waals surface area contributed by atoms with E-state index in [9.17, 15) is 0 Å². The van der Waals surface area contributed by atoms with Gasteiger partial charge in [-0.2, -0.15) is 0 Å². The Morgan fingerprint density at radius 3 is 2.68 bits per heavy atom. The van der Waals surface area contributed by atoms with Gasteiger partial charge in [-0.3, -0.25) is 4.90 Å². The number of benzene rings is 1. The number of furan rings is 1. The molecule has 1 fully saturated rings. The van der Waals surface area contributed by atoms with E-state index in [0.29, 0.717) is 24.1 Å². The summed E-state index contributed by atoms with van der Waals surface area (Å²) in [4.78, 5) is 4.67. The summed E-state index contributed by atoms with van der Waals surface area (Å²) in [6.45, 7) is 3.74. The van der Waals surface area contributed by atoms with Gasteiger partial charge in [0.25, 0.3) is 5.89 Å².